The van der Waals surface area contributed by atoms with Gasteiger partial charge in [0.05, 0.1) is 13.2 Å². The Hall–Kier alpha value is -1.51. The molecule has 0 aliphatic rings. The molecule has 0 aliphatic heterocycles. The zero-order chi connectivity index (χ0) is 12.8. The molecule has 1 rings (SSSR count). The average Bonchev–Trinajstić information content (AvgIpc) is 2.35. The van der Waals surface area contributed by atoms with Crippen LogP contribution in [0.15, 0.2) is 24.3 Å². The summed E-state index contributed by atoms with van der Waals surface area (Å²) in [7, 11) is 1.65. The summed E-state index contributed by atoms with van der Waals surface area (Å²) < 4.78 is 5.12. The van der Waals surface area contributed by atoms with Crippen LogP contribution < -0.4 is 10.1 Å². The summed E-state index contributed by atoms with van der Waals surface area (Å²) in [4.78, 5) is 11.5. The van der Waals surface area contributed by atoms with Gasteiger partial charge in [0.15, 0.2) is 0 Å². The van der Waals surface area contributed by atoms with Gasteiger partial charge in [-0.1, -0.05) is 32.9 Å². The van der Waals surface area contributed by atoms with E-state index in [2.05, 4.69) is 19.2 Å². The highest BCUT2D eigenvalue weighted by Gasteiger charge is 2.17. The van der Waals surface area contributed by atoms with Crippen LogP contribution in [-0.4, -0.2) is 13.0 Å². The Morgan fingerprint density at radius 2 is 1.88 bits per heavy atom. The monoisotopic (exact) mass is 235 g/mol. The minimum atomic E-state index is 0.0633. The summed E-state index contributed by atoms with van der Waals surface area (Å²) in [6.07, 6.45) is 0.513. The lowest BCUT2D eigenvalue weighted by Gasteiger charge is -2.22. The first kappa shape index (κ1) is 13.6. The molecule has 1 unspecified atom stereocenters. The Bertz CT molecular complexity index is 357. The van der Waals surface area contributed by atoms with Gasteiger partial charge < -0.3 is 10.1 Å². The largest absolute Gasteiger partial charge is 0.497 e. The number of methoxy groups -OCH3 is 1. The number of carbonyl (C=O) groups excluding carboxylic acids is 1. The van der Waals surface area contributed by atoms with Gasteiger partial charge in [0, 0.05) is 6.42 Å². The quantitative estimate of drug-likeness (QED) is 0.852. The van der Waals surface area contributed by atoms with E-state index < -0.39 is 0 Å². The van der Waals surface area contributed by atoms with Crippen molar-refractivity contribution in [1.82, 2.24) is 5.32 Å². The number of hydrogen-bond acceptors (Lipinski definition) is 2. The van der Waals surface area contributed by atoms with Crippen LogP contribution >= 0.6 is 0 Å². The second kappa shape index (κ2) is 6.28. The summed E-state index contributed by atoms with van der Waals surface area (Å²) in [6, 6.07) is 7.90. The van der Waals surface area contributed by atoms with E-state index in [0.29, 0.717) is 12.3 Å². The zero-order valence-corrected chi connectivity index (χ0v) is 11.0. The SMILES string of the molecule is CCC(=O)NC(c1ccc(OC)cc1)C(C)C. The van der Waals surface area contributed by atoms with Gasteiger partial charge in [-0.2, -0.15) is 0 Å². The van der Waals surface area contributed by atoms with Crippen LogP contribution in [0.4, 0.5) is 0 Å². The minimum Gasteiger partial charge on any atom is -0.497 e. The molecule has 0 aromatic heterocycles. The van der Waals surface area contributed by atoms with Gasteiger partial charge in [0.2, 0.25) is 5.91 Å². The Kier molecular flexibility index (Phi) is 5.01. The van der Waals surface area contributed by atoms with Crippen molar-refractivity contribution in [3.8, 4) is 5.75 Å². The smallest absolute Gasteiger partial charge is 0.220 e. The maximum Gasteiger partial charge on any atom is 0.220 e. The van der Waals surface area contributed by atoms with Crippen LogP contribution in [0, 0.1) is 5.92 Å². The molecule has 3 nitrogen and oxygen atoms in total. The first-order chi connectivity index (χ1) is 8.08. The third-order valence-electron chi connectivity index (χ3n) is 2.78. The van der Waals surface area contributed by atoms with Crippen molar-refractivity contribution in [2.75, 3.05) is 7.11 Å². The van der Waals surface area contributed by atoms with E-state index in [1.165, 1.54) is 0 Å². The highest BCUT2D eigenvalue weighted by Crippen LogP contribution is 2.23. The van der Waals surface area contributed by atoms with Gasteiger partial charge in [-0.3, -0.25) is 4.79 Å². The second-order valence-corrected chi connectivity index (χ2v) is 4.42. The summed E-state index contributed by atoms with van der Waals surface area (Å²) in [5.41, 5.74) is 1.11. The van der Waals surface area contributed by atoms with Crippen molar-refractivity contribution in [2.24, 2.45) is 5.92 Å². The van der Waals surface area contributed by atoms with Crippen LogP contribution in [0.5, 0.6) is 5.75 Å². The Morgan fingerprint density at radius 3 is 2.29 bits per heavy atom. The van der Waals surface area contributed by atoms with Gasteiger partial charge in [-0.25, -0.2) is 0 Å². The van der Waals surface area contributed by atoms with Crippen LogP contribution in [0.2, 0.25) is 0 Å². The molecule has 17 heavy (non-hydrogen) atoms. The maximum absolute atomic E-state index is 11.5. The van der Waals surface area contributed by atoms with E-state index in [0.717, 1.165) is 11.3 Å². The lowest BCUT2D eigenvalue weighted by atomic mass is 9.96. The molecule has 0 bridgehead atoms. The number of rotatable bonds is 5. The number of carbonyl (C=O) groups is 1. The molecule has 0 heterocycles. The molecule has 0 radical (unpaired) electrons. The van der Waals surface area contributed by atoms with Gasteiger partial charge >= 0.3 is 0 Å². The number of amides is 1. The highest BCUT2D eigenvalue weighted by molar-refractivity contribution is 5.76. The molecule has 1 aromatic rings. The molecule has 0 fully saturated rings. The van der Waals surface area contributed by atoms with Crippen LogP contribution in [0.3, 0.4) is 0 Å². The third kappa shape index (κ3) is 3.77. The Morgan fingerprint density at radius 1 is 1.29 bits per heavy atom. The number of nitrogens with one attached hydrogen (secondary N) is 1. The lowest BCUT2D eigenvalue weighted by molar-refractivity contribution is -0.121. The molecule has 1 N–H and O–H groups in total. The van der Waals surface area contributed by atoms with Crippen molar-refractivity contribution in [1.29, 1.82) is 0 Å². The molecule has 0 aliphatic carbocycles. The van der Waals surface area contributed by atoms with Crippen molar-refractivity contribution >= 4 is 5.91 Å². The Balaban J connectivity index is 2.85. The lowest BCUT2D eigenvalue weighted by Crippen LogP contribution is -2.31. The Labute approximate surface area is 103 Å². The van der Waals surface area contributed by atoms with Crippen molar-refractivity contribution < 1.29 is 9.53 Å². The fraction of sp³-hybridized carbons (Fsp3) is 0.500. The van der Waals surface area contributed by atoms with E-state index in [4.69, 9.17) is 4.74 Å². The van der Waals surface area contributed by atoms with E-state index in [1.54, 1.807) is 7.11 Å². The van der Waals surface area contributed by atoms with Crippen molar-refractivity contribution in [3.63, 3.8) is 0 Å². The first-order valence-corrected chi connectivity index (χ1v) is 6.01. The number of ether oxygens (including phenoxy) is 1. The highest BCUT2D eigenvalue weighted by atomic mass is 16.5. The normalized spacial score (nSPS) is 12.3. The van der Waals surface area contributed by atoms with Crippen LogP contribution in [0.25, 0.3) is 0 Å². The van der Waals surface area contributed by atoms with E-state index in [1.807, 2.05) is 31.2 Å². The van der Waals surface area contributed by atoms with Crippen molar-refractivity contribution in [2.45, 2.75) is 33.2 Å². The topological polar surface area (TPSA) is 38.3 Å². The van der Waals surface area contributed by atoms with Crippen molar-refractivity contribution in [3.05, 3.63) is 29.8 Å². The summed E-state index contributed by atoms with van der Waals surface area (Å²) in [6.45, 7) is 6.07. The molecule has 1 amide bonds. The van der Waals surface area contributed by atoms with Crippen LogP contribution in [-0.2, 0) is 4.79 Å². The molecule has 0 saturated carbocycles. The molecule has 3 heteroatoms. The summed E-state index contributed by atoms with van der Waals surface area (Å²) >= 11 is 0. The van der Waals surface area contributed by atoms with Gasteiger partial charge in [-0.05, 0) is 23.6 Å². The van der Waals surface area contributed by atoms with Gasteiger partial charge in [0.25, 0.3) is 0 Å². The molecule has 0 saturated heterocycles. The third-order valence-corrected chi connectivity index (χ3v) is 2.78. The average molecular weight is 235 g/mol. The number of hydrogen-bond donors (Lipinski definition) is 1. The molecule has 0 spiro atoms. The molecular weight excluding hydrogens is 214 g/mol. The molecular formula is C14H21NO2. The molecule has 94 valence electrons. The fourth-order valence-corrected chi connectivity index (χ4v) is 1.72. The molecule has 1 atom stereocenters. The zero-order valence-electron chi connectivity index (χ0n) is 11.0. The summed E-state index contributed by atoms with van der Waals surface area (Å²) in [5.74, 6) is 1.27. The first-order valence-electron chi connectivity index (χ1n) is 6.01. The van der Waals surface area contributed by atoms with Crippen LogP contribution in [0.1, 0.15) is 38.8 Å². The maximum atomic E-state index is 11.5. The van der Waals surface area contributed by atoms with E-state index in [9.17, 15) is 4.79 Å². The minimum absolute atomic E-state index is 0.0633. The predicted molar refractivity (Wildman–Crippen MR) is 69.0 cm³/mol. The van der Waals surface area contributed by atoms with E-state index >= 15 is 0 Å². The predicted octanol–water partition coefficient (Wildman–Crippen LogP) is 2.92. The standard InChI is InChI=1S/C14H21NO2/c1-5-13(16)15-14(10(2)3)11-6-8-12(17-4)9-7-11/h6-10,14H,5H2,1-4H3,(H,15,16). The van der Waals surface area contributed by atoms with Gasteiger partial charge in [-0.15, -0.1) is 0 Å². The molecule has 1 aromatic carbocycles. The van der Waals surface area contributed by atoms with E-state index in [-0.39, 0.29) is 11.9 Å². The summed E-state index contributed by atoms with van der Waals surface area (Å²) in [5, 5.41) is 3.04. The number of benzene rings is 1. The fourth-order valence-electron chi connectivity index (χ4n) is 1.72. The van der Waals surface area contributed by atoms with Gasteiger partial charge in [0.1, 0.15) is 5.75 Å². The second-order valence-electron chi connectivity index (χ2n) is 4.42.